The van der Waals surface area contributed by atoms with E-state index in [0.717, 1.165) is 38.5 Å². The maximum Gasteiger partial charge on any atom is 0.397 e. The molecule has 0 bridgehead atoms. The van der Waals surface area contributed by atoms with Gasteiger partial charge in [0.1, 0.15) is 30.5 Å². The van der Waals surface area contributed by atoms with Gasteiger partial charge in [-0.2, -0.15) is 8.42 Å². The van der Waals surface area contributed by atoms with Crippen molar-refractivity contribution in [3.8, 4) is 0 Å². The molecule has 1 rings (SSSR count). The molecule has 1 aliphatic rings. The van der Waals surface area contributed by atoms with E-state index in [4.69, 9.17) is 14.0 Å². The zero-order valence-electron chi connectivity index (χ0n) is 32.4. The lowest BCUT2D eigenvalue weighted by Gasteiger charge is -2.41. The molecule has 0 aromatic rings. The van der Waals surface area contributed by atoms with Gasteiger partial charge in [-0.25, -0.2) is 4.18 Å². The highest BCUT2D eigenvalue weighted by Crippen LogP contribution is 2.26. The Balaban J connectivity index is 2.69. The van der Waals surface area contributed by atoms with Crippen molar-refractivity contribution in [1.29, 1.82) is 0 Å². The Morgan fingerprint density at radius 2 is 1.26 bits per heavy atom. The van der Waals surface area contributed by atoms with Crippen LogP contribution < -0.4 is 5.32 Å². The molecular weight excluding hydrogens is 706 g/mol. The van der Waals surface area contributed by atoms with Crippen LogP contribution in [0.15, 0.2) is 24.3 Å². The van der Waals surface area contributed by atoms with Crippen LogP contribution in [0, 0.1) is 0 Å². The number of rotatable bonds is 33. The van der Waals surface area contributed by atoms with Gasteiger partial charge in [0.2, 0.25) is 5.91 Å². The third-order valence-corrected chi connectivity index (χ3v) is 10.1. The monoisotopic (exact) mass is 779 g/mol. The fraction of sp³-hybridized carbons (Fsp3) is 0.872. The van der Waals surface area contributed by atoms with Crippen LogP contribution in [0.3, 0.4) is 0 Å². The first-order chi connectivity index (χ1) is 25.4. The Labute approximate surface area is 319 Å². The highest BCUT2D eigenvalue weighted by Gasteiger charge is 2.48. The summed E-state index contributed by atoms with van der Waals surface area (Å²) >= 11 is 0. The number of aliphatic hydroxyl groups is 5. The van der Waals surface area contributed by atoms with Crippen molar-refractivity contribution in [3.63, 3.8) is 0 Å². The second-order valence-corrected chi connectivity index (χ2v) is 15.4. The average molecular weight is 780 g/mol. The van der Waals surface area contributed by atoms with Gasteiger partial charge in [0.15, 0.2) is 6.29 Å². The van der Waals surface area contributed by atoms with Crippen molar-refractivity contribution < 1.29 is 57.0 Å². The summed E-state index contributed by atoms with van der Waals surface area (Å²) in [5.74, 6) is -0.715. The lowest BCUT2D eigenvalue weighted by Crippen LogP contribution is -2.61. The van der Waals surface area contributed by atoms with E-state index < -0.39 is 78.5 Å². The van der Waals surface area contributed by atoms with E-state index in [9.17, 15) is 38.7 Å². The summed E-state index contributed by atoms with van der Waals surface area (Å²) in [5.41, 5.74) is 0. The van der Waals surface area contributed by atoms with Crippen LogP contribution in [0.4, 0.5) is 0 Å². The van der Waals surface area contributed by atoms with Crippen molar-refractivity contribution in [3.05, 3.63) is 24.3 Å². The molecule has 1 saturated heterocycles. The van der Waals surface area contributed by atoms with Crippen molar-refractivity contribution >= 4 is 16.3 Å². The predicted molar refractivity (Wildman–Crippen MR) is 205 cm³/mol. The highest BCUT2D eigenvalue weighted by atomic mass is 32.3. The van der Waals surface area contributed by atoms with E-state index in [1.165, 1.54) is 89.5 Å². The lowest BCUT2D eigenvalue weighted by atomic mass is 9.99. The van der Waals surface area contributed by atoms with Crippen LogP contribution in [0.2, 0.25) is 0 Å². The summed E-state index contributed by atoms with van der Waals surface area (Å²) < 4.78 is 47.3. The number of carbonyl (C=O) groups is 1. The lowest BCUT2D eigenvalue weighted by molar-refractivity contribution is -0.298. The number of unbranched alkanes of at least 4 members (excludes halogenated alkanes) is 18. The average Bonchev–Trinajstić information content (AvgIpc) is 3.12. The van der Waals surface area contributed by atoms with E-state index in [1.807, 2.05) is 0 Å². The highest BCUT2D eigenvalue weighted by molar-refractivity contribution is 7.80. The third-order valence-electron chi connectivity index (χ3n) is 9.59. The predicted octanol–water partition coefficient (Wildman–Crippen LogP) is 5.57. The SMILES string of the molecule is CCCCCCC/C=C/CC/C=C/C(O)C(COC1OC(CO)C(O)C(OS(=O)(=O)O)C1O)NC(=O)C(O)CCCCCCCCCCCCCCC. The molecule has 1 amide bonds. The van der Waals surface area contributed by atoms with Gasteiger partial charge in [0, 0.05) is 0 Å². The number of ether oxygens (including phenoxy) is 2. The van der Waals surface area contributed by atoms with Crippen molar-refractivity contribution in [2.45, 2.75) is 204 Å². The van der Waals surface area contributed by atoms with Crippen molar-refractivity contribution in [2.75, 3.05) is 13.2 Å². The number of hydrogen-bond donors (Lipinski definition) is 7. The van der Waals surface area contributed by atoms with Crippen molar-refractivity contribution in [1.82, 2.24) is 5.32 Å². The first-order valence-electron chi connectivity index (χ1n) is 20.3. The molecule has 8 atom stereocenters. The Kier molecular flexibility index (Phi) is 28.7. The standard InChI is InChI=1S/C39H73NO12S/c1-3-5-7-9-11-13-15-16-18-20-22-24-26-28-33(43)38(46)40-31(32(42)27-25-23-21-19-17-14-12-10-8-6-4-2)30-50-39-36(45)37(52-53(47,48)49)35(44)34(29-41)51-39/h17,19,25,27,31-37,39,41-45H,3-16,18,20-24,26,28-30H2,1-2H3,(H,40,46)(H,47,48,49)/b19-17+,27-25+. The molecule has 0 radical (unpaired) electrons. The minimum Gasteiger partial charge on any atom is -0.394 e. The van der Waals surface area contributed by atoms with Crippen LogP contribution in [-0.2, 0) is 28.9 Å². The molecule has 1 fully saturated rings. The van der Waals surface area contributed by atoms with E-state index in [-0.39, 0.29) is 6.42 Å². The molecule has 0 aromatic heterocycles. The van der Waals surface area contributed by atoms with Crippen LogP contribution >= 0.6 is 0 Å². The summed E-state index contributed by atoms with van der Waals surface area (Å²) in [7, 11) is -5.11. The van der Waals surface area contributed by atoms with Gasteiger partial charge in [0.25, 0.3) is 0 Å². The summed E-state index contributed by atoms with van der Waals surface area (Å²) in [6, 6.07) is -1.13. The molecule has 14 heteroatoms. The van der Waals surface area contributed by atoms with Gasteiger partial charge in [-0.1, -0.05) is 147 Å². The van der Waals surface area contributed by atoms with E-state index in [2.05, 4.69) is 35.5 Å². The molecule has 0 saturated carbocycles. The number of carbonyl (C=O) groups excluding carboxylic acids is 1. The fourth-order valence-corrected chi connectivity index (χ4v) is 6.81. The number of allylic oxidation sites excluding steroid dienone is 3. The molecule has 53 heavy (non-hydrogen) atoms. The molecule has 8 unspecified atom stereocenters. The topological polar surface area (TPSA) is 212 Å². The Morgan fingerprint density at radius 3 is 1.81 bits per heavy atom. The van der Waals surface area contributed by atoms with E-state index in [0.29, 0.717) is 12.8 Å². The van der Waals surface area contributed by atoms with E-state index in [1.54, 1.807) is 6.08 Å². The minimum absolute atomic E-state index is 0.239. The smallest absolute Gasteiger partial charge is 0.394 e. The molecule has 13 nitrogen and oxygen atoms in total. The zero-order valence-corrected chi connectivity index (χ0v) is 33.3. The van der Waals surface area contributed by atoms with Crippen LogP contribution in [0.5, 0.6) is 0 Å². The first kappa shape index (κ1) is 49.6. The van der Waals surface area contributed by atoms with Crippen LogP contribution in [-0.4, -0.2) is 107 Å². The number of hydrogen-bond acceptors (Lipinski definition) is 11. The van der Waals surface area contributed by atoms with Gasteiger partial charge in [-0.3, -0.25) is 9.35 Å². The Bertz CT molecular complexity index is 1070. The fourth-order valence-electron chi connectivity index (χ4n) is 6.30. The Morgan fingerprint density at radius 1 is 0.755 bits per heavy atom. The number of amides is 1. The van der Waals surface area contributed by atoms with Gasteiger partial charge >= 0.3 is 10.4 Å². The minimum atomic E-state index is -5.11. The summed E-state index contributed by atoms with van der Waals surface area (Å²) in [4.78, 5) is 13.0. The maximum atomic E-state index is 13.0. The van der Waals surface area contributed by atoms with Gasteiger partial charge in [-0.05, 0) is 32.1 Å². The van der Waals surface area contributed by atoms with Crippen LogP contribution in [0.1, 0.15) is 155 Å². The second-order valence-electron chi connectivity index (χ2n) is 14.4. The number of nitrogens with one attached hydrogen (secondary N) is 1. The summed E-state index contributed by atoms with van der Waals surface area (Å²) in [6.45, 7) is 3.14. The molecule has 0 aromatic carbocycles. The zero-order chi connectivity index (χ0) is 39.3. The Hall–Kier alpha value is -1.46. The quantitative estimate of drug-likeness (QED) is 0.0248. The largest absolute Gasteiger partial charge is 0.397 e. The maximum absolute atomic E-state index is 13.0. The number of aliphatic hydroxyl groups excluding tert-OH is 5. The normalized spacial score (nSPS) is 22.8. The van der Waals surface area contributed by atoms with Crippen molar-refractivity contribution in [2.24, 2.45) is 0 Å². The molecule has 0 spiro atoms. The molecule has 7 N–H and O–H groups in total. The molecule has 1 aliphatic heterocycles. The van der Waals surface area contributed by atoms with Gasteiger partial charge in [-0.15, -0.1) is 0 Å². The van der Waals surface area contributed by atoms with Gasteiger partial charge in [0.05, 0.1) is 25.4 Å². The molecule has 1 heterocycles. The third kappa shape index (κ3) is 23.9. The molecule has 312 valence electrons. The first-order valence-corrected chi connectivity index (χ1v) is 21.7. The molecular formula is C39H73NO12S. The summed E-state index contributed by atoms with van der Waals surface area (Å²) in [5, 5.41) is 54.8. The van der Waals surface area contributed by atoms with Crippen LogP contribution in [0.25, 0.3) is 0 Å². The summed E-state index contributed by atoms with van der Waals surface area (Å²) in [6.07, 6.45) is 20.0. The second kappa shape index (κ2) is 30.7. The van der Waals surface area contributed by atoms with Gasteiger partial charge < -0.3 is 40.3 Å². The van der Waals surface area contributed by atoms with E-state index >= 15 is 0 Å². The molecule has 0 aliphatic carbocycles.